The zero-order valence-corrected chi connectivity index (χ0v) is 23.0. The number of nitrogens with zero attached hydrogens (tertiary/aromatic N) is 2. The summed E-state index contributed by atoms with van der Waals surface area (Å²) in [5.41, 5.74) is 1.20. The van der Waals surface area contributed by atoms with Crippen molar-refractivity contribution in [3.8, 4) is 11.5 Å². The van der Waals surface area contributed by atoms with Crippen LogP contribution < -0.4 is 14.4 Å². The number of aryl methyl sites for hydroxylation is 1. The number of aliphatic hydroxyl groups is 1. The molecular formula is C29H30N2O7S. The number of carbonyl (C=O) groups excluding carboxylic acids is 3. The highest BCUT2D eigenvalue weighted by atomic mass is 32.1. The van der Waals surface area contributed by atoms with Gasteiger partial charge in [0.2, 0.25) is 0 Å². The van der Waals surface area contributed by atoms with E-state index in [9.17, 15) is 19.5 Å². The van der Waals surface area contributed by atoms with Gasteiger partial charge in [0.05, 0.1) is 37.6 Å². The second kappa shape index (κ2) is 12.1. The zero-order chi connectivity index (χ0) is 28.1. The molecule has 1 atom stereocenters. The maximum absolute atomic E-state index is 13.4. The number of thiazole rings is 1. The first kappa shape index (κ1) is 27.8. The van der Waals surface area contributed by atoms with E-state index in [4.69, 9.17) is 14.2 Å². The Morgan fingerprint density at radius 2 is 1.72 bits per heavy atom. The van der Waals surface area contributed by atoms with Crippen molar-refractivity contribution < 1.29 is 33.7 Å². The van der Waals surface area contributed by atoms with Gasteiger partial charge in [0.15, 0.2) is 5.13 Å². The number of benzene rings is 2. The lowest BCUT2D eigenvalue weighted by atomic mass is 9.95. The number of amides is 1. The van der Waals surface area contributed by atoms with Crippen LogP contribution in [0, 0.1) is 6.92 Å². The van der Waals surface area contributed by atoms with Gasteiger partial charge in [-0.2, -0.15) is 0 Å². The topological polar surface area (TPSA) is 115 Å². The number of hydrogen-bond acceptors (Lipinski definition) is 9. The van der Waals surface area contributed by atoms with Gasteiger partial charge in [-0.05, 0) is 62.2 Å². The number of unbranched alkanes of at least 4 members (excludes halogenated alkanes) is 1. The molecule has 0 aliphatic carbocycles. The molecule has 4 rings (SSSR count). The number of methoxy groups -OCH3 is 1. The Morgan fingerprint density at radius 1 is 1.05 bits per heavy atom. The maximum Gasteiger partial charge on any atom is 0.350 e. The molecule has 1 N–H and O–H groups in total. The number of esters is 1. The summed E-state index contributed by atoms with van der Waals surface area (Å²) in [5, 5.41) is 11.5. The number of Topliss-reactive ketones (excluding diaryl/α,β-unsaturated/α-hetero) is 1. The summed E-state index contributed by atoms with van der Waals surface area (Å²) in [7, 11) is 1.53. The minimum Gasteiger partial charge on any atom is -0.507 e. The van der Waals surface area contributed by atoms with Crippen molar-refractivity contribution in [1.29, 1.82) is 0 Å². The quantitative estimate of drug-likeness (QED) is 0.117. The zero-order valence-electron chi connectivity index (χ0n) is 22.2. The van der Waals surface area contributed by atoms with E-state index >= 15 is 0 Å². The van der Waals surface area contributed by atoms with E-state index in [2.05, 4.69) is 11.9 Å². The van der Waals surface area contributed by atoms with Gasteiger partial charge in [0, 0.05) is 5.56 Å². The minimum atomic E-state index is -0.989. The molecule has 204 valence electrons. The molecule has 1 fully saturated rings. The van der Waals surface area contributed by atoms with Crippen LogP contribution in [0.5, 0.6) is 11.5 Å². The van der Waals surface area contributed by atoms with Crippen molar-refractivity contribution >= 4 is 39.9 Å². The van der Waals surface area contributed by atoms with Crippen LogP contribution in [0.25, 0.3) is 5.76 Å². The summed E-state index contributed by atoms with van der Waals surface area (Å²) in [4.78, 5) is 45.1. The Labute approximate surface area is 230 Å². The van der Waals surface area contributed by atoms with Gasteiger partial charge < -0.3 is 19.3 Å². The minimum absolute atomic E-state index is 0.0876. The van der Waals surface area contributed by atoms with Gasteiger partial charge in [-0.25, -0.2) is 9.78 Å². The van der Waals surface area contributed by atoms with E-state index in [0.717, 1.165) is 24.2 Å². The van der Waals surface area contributed by atoms with Gasteiger partial charge in [-0.1, -0.05) is 36.8 Å². The van der Waals surface area contributed by atoms with Gasteiger partial charge in [0.1, 0.15) is 22.1 Å². The third-order valence-corrected chi connectivity index (χ3v) is 7.36. The number of ketones is 1. The maximum atomic E-state index is 13.4. The molecular weight excluding hydrogens is 520 g/mol. The molecule has 1 aromatic heterocycles. The molecule has 0 radical (unpaired) electrons. The standard InChI is InChI=1S/C29H30N2O7S/c1-5-7-16-38-21-14-10-19(11-15-21)24(32)22-23(18-8-12-20(36-4)13-9-18)31(27(34)25(22)33)29-30-17(3)26(39-29)28(35)37-6-2/h8-15,23,32H,5-7,16H2,1-4H3. The first-order valence-electron chi connectivity index (χ1n) is 12.6. The molecule has 1 aliphatic heterocycles. The number of carbonyl (C=O) groups is 3. The number of rotatable bonds is 10. The van der Waals surface area contributed by atoms with Crippen LogP contribution in [0.1, 0.15) is 59.2 Å². The van der Waals surface area contributed by atoms with E-state index in [1.54, 1.807) is 62.4 Å². The van der Waals surface area contributed by atoms with Crippen molar-refractivity contribution in [2.45, 2.75) is 39.7 Å². The molecule has 3 aromatic rings. The molecule has 2 heterocycles. The molecule has 0 bridgehead atoms. The monoisotopic (exact) mass is 550 g/mol. The summed E-state index contributed by atoms with van der Waals surface area (Å²) in [5.74, 6) is -1.38. The molecule has 1 unspecified atom stereocenters. The number of anilines is 1. The highest BCUT2D eigenvalue weighted by Crippen LogP contribution is 2.44. The van der Waals surface area contributed by atoms with Crippen molar-refractivity contribution in [2.75, 3.05) is 25.2 Å². The van der Waals surface area contributed by atoms with E-state index in [1.165, 1.54) is 12.0 Å². The summed E-state index contributed by atoms with van der Waals surface area (Å²) >= 11 is 0.959. The normalized spacial score (nSPS) is 16.4. The van der Waals surface area contributed by atoms with Gasteiger partial charge >= 0.3 is 11.9 Å². The van der Waals surface area contributed by atoms with Crippen molar-refractivity contribution in [2.24, 2.45) is 0 Å². The number of hydrogen-bond donors (Lipinski definition) is 1. The Hall–Kier alpha value is -4.18. The van der Waals surface area contributed by atoms with Gasteiger partial charge in [-0.15, -0.1) is 0 Å². The third kappa shape index (κ3) is 5.65. The van der Waals surface area contributed by atoms with E-state index in [-0.39, 0.29) is 27.9 Å². The van der Waals surface area contributed by atoms with Crippen LogP contribution >= 0.6 is 11.3 Å². The predicted octanol–water partition coefficient (Wildman–Crippen LogP) is 5.44. The van der Waals surface area contributed by atoms with Crippen LogP contribution in [0.4, 0.5) is 5.13 Å². The molecule has 9 nitrogen and oxygen atoms in total. The Balaban J connectivity index is 1.81. The lowest BCUT2D eigenvalue weighted by Crippen LogP contribution is -2.29. The van der Waals surface area contributed by atoms with Crippen LogP contribution in [0.15, 0.2) is 54.1 Å². The summed E-state index contributed by atoms with van der Waals surface area (Å²) < 4.78 is 16.1. The Kier molecular flexibility index (Phi) is 8.65. The molecule has 1 amide bonds. The Bertz CT molecular complexity index is 1390. The SMILES string of the molecule is CCCCOc1ccc(C(O)=C2C(=O)C(=O)N(c3nc(C)c(C(=O)OCC)s3)C2c2ccc(OC)cc2)cc1. The molecule has 0 spiro atoms. The van der Waals surface area contributed by atoms with E-state index in [0.29, 0.717) is 34.9 Å². The first-order chi connectivity index (χ1) is 18.8. The van der Waals surface area contributed by atoms with E-state index in [1.807, 2.05) is 0 Å². The average Bonchev–Trinajstić information content (AvgIpc) is 3.45. The lowest BCUT2D eigenvalue weighted by molar-refractivity contribution is -0.132. The fraction of sp³-hybridized carbons (Fsp3) is 0.310. The summed E-state index contributed by atoms with van der Waals surface area (Å²) in [6, 6.07) is 12.5. The number of aromatic nitrogens is 1. The number of aliphatic hydroxyl groups excluding tert-OH is 1. The average molecular weight is 551 g/mol. The molecule has 10 heteroatoms. The second-order valence-electron chi connectivity index (χ2n) is 8.80. The second-order valence-corrected chi connectivity index (χ2v) is 9.78. The predicted molar refractivity (Wildman–Crippen MR) is 147 cm³/mol. The van der Waals surface area contributed by atoms with E-state index < -0.39 is 23.7 Å². The smallest absolute Gasteiger partial charge is 0.350 e. The summed E-state index contributed by atoms with van der Waals surface area (Å²) in [6.45, 7) is 6.16. The molecule has 1 aliphatic rings. The first-order valence-corrected chi connectivity index (χ1v) is 13.4. The van der Waals surface area contributed by atoms with Crippen LogP contribution in [-0.2, 0) is 14.3 Å². The molecule has 2 aromatic carbocycles. The van der Waals surface area contributed by atoms with Crippen molar-refractivity contribution in [3.05, 3.63) is 75.8 Å². The third-order valence-electron chi connectivity index (χ3n) is 6.22. The van der Waals surface area contributed by atoms with Crippen LogP contribution in [-0.4, -0.2) is 48.1 Å². The highest BCUT2D eigenvalue weighted by Gasteiger charge is 2.48. The molecule has 0 saturated carbocycles. The number of ether oxygens (including phenoxy) is 3. The van der Waals surface area contributed by atoms with Crippen LogP contribution in [0.3, 0.4) is 0 Å². The lowest BCUT2D eigenvalue weighted by Gasteiger charge is -2.23. The fourth-order valence-corrected chi connectivity index (χ4v) is 5.19. The van der Waals surface area contributed by atoms with Gasteiger partial charge in [0.25, 0.3) is 5.78 Å². The van der Waals surface area contributed by atoms with Gasteiger partial charge in [-0.3, -0.25) is 14.5 Å². The van der Waals surface area contributed by atoms with Crippen molar-refractivity contribution in [1.82, 2.24) is 4.98 Å². The Morgan fingerprint density at radius 3 is 2.33 bits per heavy atom. The summed E-state index contributed by atoms with van der Waals surface area (Å²) in [6.07, 6.45) is 1.92. The molecule has 1 saturated heterocycles. The largest absolute Gasteiger partial charge is 0.507 e. The molecule has 39 heavy (non-hydrogen) atoms. The van der Waals surface area contributed by atoms with Crippen molar-refractivity contribution in [3.63, 3.8) is 0 Å². The van der Waals surface area contributed by atoms with Crippen LogP contribution in [0.2, 0.25) is 0 Å². The fourth-order valence-electron chi connectivity index (χ4n) is 4.20. The highest BCUT2D eigenvalue weighted by molar-refractivity contribution is 7.17.